The second-order valence-electron chi connectivity index (χ2n) is 9.56. The molecule has 0 aliphatic carbocycles. The van der Waals surface area contributed by atoms with Crippen LogP contribution in [0.15, 0.2) is 75.9 Å². The van der Waals surface area contributed by atoms with Crippen molar-refractivity contribution in [3.8, 4) is 17.2 Å². The number of carbonyl (C=O) groups excluding carboxylic acids is 1. The van der Waals surface area contributed by atoms with E-state index in [0.29, 0.717) is 0 Å². The van der Waals surface area contributed by atoms with E-state index in [0.717, 1.165) is 23.6 Å². The van der Waals surface area contributed by atoms with Crippen LogP contribution in [0.3, 0.4) is 0 Å². The zero-order chi connectivity index (χ0) is 27.0. The van der Waals surface area contributed by atoms with Crippen LogP contribution >= 0.6 is 0 Å². The largest absolute Gasteiger partial charge is 0.453 e. The van der Waals surface area contributed by atoms with Crippen molar-refractivity contribution in [3.63, 3.8) is 0 Å². The Bertz CT molecular complexity index is 1490. The van der Waals surface area contributed by atoms with Crippen molar-refractivity contribution in [2.24, 2.45) is 0 Å². The van der Waals surface area contributed by atoms with Gasteiger partial charge in [-0.3, -0.25) is 4.79 Å². The van der Waals surface area contributed by atoms with E-state index in [9.17, 15) is 22.8 Å². The van der Waals surface area contributed by atoms with Gasteiger partial charge in [-0.05, 0) is 59.4 Å². The molecule has 0 fully saturated rings. The first-order chi connectivity index (χ1) is 17.4. The van der Waals surface area contributed by atoms with E-state index >= 15 is 0 Å². The van der Waals surface area contributed by atoms with E-state index in [1.54, 1.807) is 24.3 Å². The molecule has 0 N–H and O–H groups in total. The maximum atomic E-state index is 13.8. The minimum absolute atomic E-state index is 0.0670. The molecule has 0 atom stereocenters. The summed E-state index contributed by atoms with van der Waals surface area (Å²) in [5, 5.41) is -0.150. The molecule has 3 aromatic carbocycles. The number of rotatable bonds is 5. The first-order valence-corrected chi connectivity index (χ1v) is 11.6. The van der Waals surface area contributed by atoms with Crippen molar-refractivity contribution in [3.05, 3.63) is 99.4 Å². The molecule has 4 aromatic rings. The zero-order valence-electron chi connectivity index (χ0n) is 20.7. The predicted octanol–water partition coefficient (Wildman–Crippen LogP) is 7.68. The van der Waals surface area contributed by atoms with E-state index in [1.165, 1.54) is 24.3 Å². The van der Waals surface area contributed by atoms with Gasteiger partial charge in [0.05, 0.1) is 10.9 Å². The molecular weight excluding hydrogens is 485 g/mol. The molecule has 0 aliphatic heterocycles. The quantitative estimate of drug-likeness (QED) is 0.203. The third kappa shape index (κ3) is 5.69. The predicted molar refractivity (Wildman–Crippen MR) is 133 cm³/mol. The van der Waals surface area contributed by atoms with E-state index in [-0.39, 0.29) is 33.4 Å². The molecule has 1 aromatic heterocycles. The van der Waals surface area contributed by atoms with Gasteiger partial charge in [-0.15, -0.1) is 0 Å². The maximum absolute atomic E-state index is 13.8. The van der Waals surface area contributed by atoms with E-state index in [1.807, 2.05) is 39.8 Å². The van der Waals surface area contributed by atoms with E-state index in [2.05, 4.69) is 0 Å². The summed E-state index contributed by atoms with van der Waals surface area (Å²) < 4.78 is 57.3. The second kappa shape index (κ2) is 9.76. The summed E-state index contributed by atoms with van der Waals surface area (Å²) in [6.45, 7) is 8.05. The Morgan fingerprint density at radius 1 is 0.892 bits per heavy atom. The van der Waals surface area contributed by atoms with Gasteiger partial charge in [-0.25, -0.2) is 4.79 Å². The topological polar surface area (TPSA) is 65.7 Å². The summed E-state index contributed by atoms with van der Waals surface area (Å²) in [7, 11) is 0. The van der Waals surface area contributed by atoms with Gasteiger partial charge in [0.1, 0.15) is 17.1 Å². The van der Waals surface area contributed by atoms with Crippen LogP contribution in [0.1, 0.15) is 54.9 Å². The van der Waals surface area contributed by atoms with Crippen LogP contribution in [-0.2, 0) is 18.0 Å². The molecule has 192 valence electrons. The van der Waals surface area contributed by atoms with Crippen molar-refractivity contribution in [2.45, 2.75) is 45.7 Å². The smallest absolute Gasteiger partial charge is 0.449 e. The van der Waals surface area contributed by atoms with Crippen LogP contribution in [0.5, 0.6) is 17.2 Å². The number of hydrogen-bond donors (Lipinski definition) is 0. The summed E-state index contributed by atoms with van der Waals surface area (Å²) >= 11 is 0. The number of halogens is 3. The molecule has 4 rings (SSSR count). The van der Waals surface area contributed by atoms with Crippen LogP contribution < -0.4 is 14.9 Å². The molecule has 0 amide bonds. The van der Waals surface area contributed by atoms with Gasteiger partial charge < -0.3 is 13.9 Å². The number of fused-ring (bicyclic) bond motifs is 1. The molecule has 1 heterocycles. The normalized spacial score (nSPS) is 12.0. The van der Waals surface area contributed by atoms with Gasteiger partial charge in [0.15, 0.2) is 0 Å². The van der Waals surface area contributed by atoms with Crippen LogP contribution in [0.2, 0.25) is 0 Å². The van der Waals surface area contributed by atoms with Gasteiger partial charge in [0, 0.05) is 6.07 Å². The first kappa shape index (κ1) is 26.0. The van der Waals surface area contributed by atoms with Crippen molar-refractivity contribution < 1.29 is 31.9 Å². The fourth-order valence-electron chi connectivity index (χ4n) is 3.68. The third-order valence-corrected chi connectivity index (χ3v) is 5.83. The molecule has 0 saturated carbocycles. The minimum atomic E-state index is -5.01. The first-order valence-electron chi connectivity index (χ1n) is 11.6. The number of ether oxygens (including phenoxy) is 2. The number of esters is 1. The Balaban J connectivity index is 1.68. The fraction of sp³-hybridized carbons (Fsp3) is 0.241. The van der Waals surface area contributed by atoms with Crippen LogP contribution in [-0.4, -0.2) is 5.97 Å². The molecular formula is C29H25F3O5. The van der Waals surface area contributed by atoms with E-state index < -0.39 is 29.1 Å². The molecule has 0 spiro atoms. The molecule has 0 bridgehead atoms. The van der Waals surface area contributed by atoms with Crippen molar-refractivity contribution in [2.75, 3.05) is 0 Å². The van der Waals surface area contributed by atoms with Crippen molar-refractivity contribution in [1.82, 2.24) is 0 Å². The van der Waals surface area contributed by atoms with Gasteiger partial charge in [-0.1, -0.05) is 52.0 Å². The van der Waals surface area contributed by atoms with Gasteiger partial charge in [0.25, 0.3) is 5.76 Å². The fourth-order valence-corrected chi connectivity index (χ4v) is 3.68. The SMILES string of the molecule is CCc1ccc(Oc2c(C(F)(F)F)oc3cc(OC(=O)c4ccc(C(C)(C)C)cc4)ccc3c2=O)cc1. The molecule has 0 aliphatic rings. The highest BCUT2D eigenvalue weighted by molar-refractivity contribution is 5.91. The summed E-state index contributed by atoms with van der Waals surface area (Å²) in [5.74, 6) is -3.25. The minimum Gasteiger partial charge on any atom is -0.449 e. The van der Waals surface area contributed by atoms with Gasteiger partial charge in [-0.2, -0.15) is 13.2 Å². The highest BCUT2D eigenvalue weighted by Gasteiger charge is 2.40. The maximum Gasteiger partial charge on any atom is 0.453 e. The molecule has 0 saturated heterocycles. The highest BCUT2D eigenvalue weighted by Crippen LogP contribution is 2.38. The highest BCUT2D eigenvalue weighted by atomic mass is 19.4. The number of aryl methyl sites for hydroxylation is 1. The van der Waals surface area contributed by atoms with Crippen LogP contribution in [0.25, 0.3) is 11.0 Å². The third-order valence-electron chi connectivity index (χ3n) is 5.83. The number of hydrogen-bond acceptors (Lipinski definition) is 5. The molecule has 37 heavy (non-hydrogen) atoms. The Morgan fingerprint density at radius 2 is 1.51 bits per heavy atom. The molecule has 8 heteroatoms. The lowest BCUT2D eigenvalue weighted by Crippen LogP contribution is -2.16. The van der Waals surface area contributed by atoms with Crippen LogP contribution in [0.4, 0.5) is 13.2 Å². The summed E-state index contributed by atoms with van der Waals surface area (Å²) in [5.41, 5.74) is 0.763. The van der Waals surface area contributed by atoms with Gasteiger partial charge in [0.2, 0.25) is 11.2 Å². The second-order valence-corrected chi connectivity index (χ2v) is 9.56. The molecule has 0 radical (unpaired) electrons. The van der Waals surface area contributed by atoms with Gasteiger partial charge >= 0.3 is 12.1 Å². The molecule has 5 nitrogen and oxygen atoms in total. The van der Waals surface area contributed by atoms with Crippen LogP contribution in [0, 0.1) is 0 Å². The summed E-state index contributed by atoms with van der Waals surface area (Å²) in [4.78, 5) is 25.6. The summed E-state index contributed by atoms with van der Waals surface area (Å²) in [6.07, 6.45) is -4.27. The Hall–Kier alpha value is -4.07. The lowest BCUT2D eigenvalue weighted by atomic mass is 9.87. The summed E-state index contributed by atoms with van der Waals surface area (Å²) in [6, 6.07) is 16.8. The average molecular weight is 511 g/mol. The lowest BCUT2D eigenvalue weighted by molar-refractivity contribution is -0.154. The van der Waals surface area contributed by atoms with E-state index in [4.69, 9.17) is 13.9 Å². The molecule has 0 unspecified atom stereocenters. The van der Waals surface area contributed by atoms with Crippen molar-refractivity contribution in [1.29, 1.82) is 0 Å². The Labute approximate surface area is 211 Å². The number of benzene rings is 3. The zero-order valence-corrected chi connectivity index (χ0v) is 20.7. The lowest BCUT2D eigenvalue weighted by Gasteiger charge is -2.18. The Kier molecular flexibility index (Phi) is 6.86. The number of alkyl halides is 3. The number of carbonyl (C=O) groups is 1. The monoisotopic (exact) mass is 510 g/mol. The Morgan fingerprint density at radius 3 is 2.08 bits per heavy atom. The average Bonchev–Trinajstić information content (AvgIpc) is 2.85. The van der Waals surface area contributed by atoms with Crippen molar-refractivity contribution >= 4 is 16.9 Å². The standard InChI is InChI=1S/C29H25F3O5/c1-5-17-6-12-20(13-7-17)35-25-24(33)22-15-14-21(16-23(22)37-26(25)29(30,31)32)36-27(34)18-8-10-19(11-9-18)28(2,3)4/h6-16H,5H2,1-4H3.